The summed E-state index contributed by atoms with van der Waals surface area (Å²) in [5.41, 5.74) is 1.31. The molecule has 6 nitrogen and oxygen atoms in total. The fourth-order valence-corrected chi connectivity index (χ4v) is 4.15. The van der Waals surface area contributed by atoms with Crippen LogP contribution in [0.2, 0.25) is 0 Å². The number of amides is 2. The average molecular weight is 406 g/mol. The van der Waals surface area contributed by atoms with Gasteiger partial charge in [0, 0.05) is 18.4 Å². The topological polar surface area (TPSA) is 88.7 Å². The molecular formula is C22H18N2O4S. The predicted octanol–water partition coefficient (Wildman–Crippen LogP) is 2.93. The molecule has 29 heavy (non-hydrogen) atoms. The highest BCUT2D eigenvalue weighted by Crippen LogP contribution is 2.29. The Morgan fingerprint density at radius 2 is 1.83 bits per heavy atom. The molecule has 7 heteroatoms. The van der Waals surface area contributed by atoms with Gasteiger partial charge in [0.2, 0.25) is 5.91 Å². The molecule has 0 radical (unpaired) electrons. The summed E-state index contributed by atoms with van der Waals surface area (Å²) >= 11 is 1.13. The van der Waals surface area contributed by atoms with E-state index in [0.29, 0.717) is 17.2 Å². The minimum absolute atomic E-state index is 0.0181. The van der Waals surface area contributed by atoms with Crippen LogP contribution in [0.3, 0.4) is 0 Å². The summed E-state index contributed by atoms with van der Waals surface area (Å²) in [6.45, 7) is 0.496. The predicted molar refractivity (Wildman–Crippen MR) is 113 cm³/mol. The molecule has 2 amide bonds. The first kappa shape index (κ1) is 19.1. The number of benzene rings is 2. The van der Waals surface area contributed by atoms with Gasteiger partial charge in [-0.3, -0.25) is 9.59 Å². The molecule has 0 saturated heterocycles. The van der Waals surface area contributed by atoms with Gasteiger partial charge < -0.3 is 9.73 Å². The number of hydrogen-bond acceptors (Lipinski definition) is 5. The second-order valence-corrected chi connectivity index (χ2v) is 7.83. The van der Waals surface area contributed by atoms with Crippen LogP contribution in [-0.4, -0.2) is 28.7 Å². The van der Waals surface area contributed by atoms with Crippen LogP contribution < -0.4 is 10.9 Å². The Hall–Kier alpha value is -3.19. The highest BCUT2D eigenvalue weighted by Gasteiger charge is 2.32. The molecule has 1 N–H and O–H groups in total. The van der Waals surface area contributed by atoms with Crippen LogP contribution in [0.1, 0.15) is 17.5 Å². The summed E-state index contributed by atoms with van der Waals surface area (Å²) in [6, 6.07) is 18.7. The summed E-state index contributed by atoms with van der Waals surface area (Å²) in [7, 11) is 0. The number of hydrogen-bond donors (Lipinski definition) is 1. The smallest absolute Gasteiger partial charge is 0.346 e. The maximum atomic E-state index is 12.3. The number of fused-ring (bicyclic) bond motifs is 1. The SMILES string of the molecule is O=C(C[C@@H]1SC(c2cc3ccccc3oc2=O)=NC1=O)NCCc1ccccc1. The van der Waals surface area contributed by atoms with E-state index in [2.05, 4.69) is 10.3 Å². The van der Waals surface area contributed by atoms with Crippen molar-refractivity contribution in [2.24, 2.45) is 4.99 Å². The normalized spacial score (nSPS) is 16.1. The minimum atomic E-state index is -0.632. The molecule has 0 spiro atoms. The summed E-state index contributed by atoms with van der Waals surface area (Å²) in [5.74, 6) is -0.621. The average Bonchev–Trinajstić information content (AvgIpc) is 3.08. The largest absolute Gasteiger partial charge is 0.422 e. The summed E-state index contributed by atoms with van der Waals surface area (Å²) in [6.07, 6.45) is 0.739. The van der Waals surface area contributed by atoms with Gasteiger partial charge >= 0.3 is 5.63 Å². The standard InChI is InChI=1S/C22H18N2O4S/c25-19(23-11-10-14-6-2-1-3-7-14)13-18-20(26)24-21(29-18)16-12-15-8-4-5-9-17(15)28-22(16)27/h1-9,12,18H,10-11,13H2,(H,23,25)/t18-/m0/s1. The molecular weight excluding hydrogens is 388 g/mol. The van der Waals surface area contributed by atoms with Gasteiger partial charge in [0.15, 0.2) is 0 Å². The first-order chi connectivity index (χ1) is 14.1. The lowest BCUT2D eigenvalue weighted by Gasteiger charge is -2.08. The van der Waals surface area contributed by atoms with E-state index in [-0.39, 0.29) is 17.9 Å². The third-order valence-electron chi connectivity index (χ3n) is 4.56. The van der Waals surface area contributed by atoms with Crippen molar-refractivity contribution in [2.75, 3.05) is 6.54 Å². The molecule has 2 aromatic carbocycles. The number of carbonyl (C=O) groups is 2. The summed E-state index contributed by atoms with van der Waals surface area (Å²) < 4.78 is 5.31. The Kier molecular flexibility index (Phi) is 5.57. The first-order valence-corrected chi connectivity index (χ1v) is 10.1. The van der Waals surface area contributed by atoms with E-state index in [1.165, 1.54) is 0 Å². The van der Waals surface area contributed by atoms with Crippen LogP contribution in [0.25, 0.3) is 11.0 Å². The van der Waals surface area contributed by atoms with E-state index >= 15 is 0 Å². The van der Waals surface area contributed by atoms with E-state index in [0.717, 1.165) is 29.1 Å². The van der Waals surface area contributed by atoms with Crippen LogP contribution in [0.5, 0.6) is 0 Å². The Labute approximate surface area is 171 Å². The number of carbonyl (C=O) groups excluding carboxylic acids is 2. The maximum absolute atomic E-state index is 12.3. The van der Waals surface area contributed by atoms with Gasteiger partial charge in [-0.2, -0.15) is 0 Å². The third-order valence-corrected chi connectivity index (χ3v) is 5.75. The van der Waals surface area contributed by atoms with Gasteiger partial charge in [0.05, 0.1) is 5.56 Å². The van der Waals surface area contributed by atoms with Gasteiger partial charge in [-0.05, 0) is 24.1 Å². The van der Waals surface area contributed by atoms with Crippen molar-refractivity contribution in [3.8, 4) is 0 Å². The lowest BCUT2D eigenvalue weighted by molar-refractivity contribution is -0.124. The Morgan fingerprint density at radius 3 is 2.66 bits per heavy atom. The zero-order valence-electron chi connectivity index (χ0n) is 15.5. The second-order valence-electron chi connectivity index (χ2n) is 6.64. The third kappa shape index (κ3) is 4.46. The zero-order chi connectivity index (χ0) is 20.2. The van der Waals surface area contributed by atoms with Gasteiger partial charge in [-0.25, -0.2) is 9.79 Å². The molecule has 1 aliphatic heterocycles. The van der Waals surface area contributed by atoms with Crippen molar-refractivity contribution in [3.05, 3.63) is 82.2 Å². The van der Waals surface area contributed by atoms with Crippen molar-refractivity contribution < 1.29 is 14.0 Å². The number of aliphatic imine (C=N–C) groups is 1. The molecule has 0 saturated carbocycles. The van der Waals surface area contributed by atoms with E-state index in [4.69, 9.17) is 4.42 Å². The quantitative estimate of drug-likeness (QED) is 0.636. The van der Waals surface area contributed by atoms with Crippen LogP contribution in [0, 0.1) is 0 Å². The fraction of sp³-hybridized carbons (Fsp3) is 0.182. The lowest BCUT2D eigenvalue weighted by atomic mass is 10.1. The Balaban J connectivity index is 1.37. The molecule has 4 rings (SSSR count). The minimum Gasteiger partial charge on any atom is -0.422 e. The molecule has 1 atom stereocenters. The second kappa shape index (κ2) is 8.45. The van der Waals surface area contributed by atoms with Crippen molar-refractivity contribution >= 4 is 39.6 Å². The maximum Gasteiger partial charge on any atom is 0.346 e. The van der Waals surface area contributed by atoms with Crippen LogP contribution in [0.15, 0.2) is 74.9 Å². The van der Waals surface area contributed by atoms with Gasteiger partial charge in [-0.15, -0.1) is 0 Å². The van der Waals surface area contributed by atoms with E-state index in [1.807, 2.05) is 42.5 Å². The summed E-state index contributed by atoms with van der Waals surface area (Å²) in [5, 5.41) is 3.25. The number of nitrogens with zero attached hydrogens (tertiary/aromatic N) is 1. The number of thioether (sulfide) groups is 1. The highest BCUT2D eigenvalue weighted by atomic mass is 32.2. The lowest BCUT2D eigenvalue weighted by Crippen LogP contribution is -2.29. The number of para-hydroxylation sites is 1. The van der Waals surface area contributed by atoms with Crippen LogP contribution in [0.4, 0.5) is 0 Å². The highest BCUT2D eigenvalue weighted by molar-refractivity contribution is 8.16. The Bertz CT molecular complexity index is 1150. The molecule has 146 valence electrons. The molecule has 0 unspecified atom stereocenters. The molecule has 0 fully saturated rings. The molecule has 1 aliphatic rings. The van der Waals surface area contributed by atoms with E-state index in [1.54, 1.807) is 18.2 Å². The van der Waals surface area contributed by atoms with Crippen molar-refractivity contribution in [1.29, 1.82) is 0 Å². The van der Waals surface area contributed by atoms with Crippen molar-refractivity contribution in [1.82, 2.24) is 5.32 Å². The molecule has 3 aromatic rings. The van der Waals surface area contributed by atoms with Crippen molar-refractivity contribution in [3.63, 3.8) is 0 Å². The fourth-order valence-electron chi connectivity index (χ4n) is 3.08. The molecule has 0 aliphatic carbocycles. The van der Waals surface area contributed by atoms with E-state index in [9.17, 15) is 14.4 Å². The van der Waals surface area contributed by atoms with Gasteiger partial charge in [-0.1, -0.05) is 60.3 Å². The first-order valence-electron chi connectivity index (χ1n) is 9.23. The molecule has 2 heterocycles. The summed E-state index contributed by atoms with van der Waals surface area (Å²) in [4.78, 5) is 40.7. The Morgan fingerprint density at radius 1 is 1.07 bits per heavy atom. The van der Waals surface area contributed by atoms with Gasteiger partial charge in [0.1, 0.15) is 15.9 Å². The monoisotopic (exact) mass is 406 g/mol. The molecule has 1 aromatic heterocycles. The number of rotatable bonds is 6. The number of nitrogens with one attached hydrogen (secondary N) is 1. The van der Waals surface area contributed by atoms with Crippen LogP contribution >= 0.6 is 11.8 Å². The van der Waals surface area contributed by atoms with Crippen LogP contribution in [-0.2, 0) is 16.0 Å². The molecule has 0 bridgehead atoms. The van der Waals surface area contributed by atoms with Crippen molar-refractivity contribution in [2.45, 2.75) is 18.1 Å². The van der Waals surface area contributed by atoms with Gasteiger partial charge in [0.25, 0.3) is 5.91 Å². The van der Waals surface area contributed by atoms with E-state index < -0.39 is 16.8 Å². The zero-order valence-corrected chi connectivity index (χ0v) is 16.3.